The SMILES string of the molecule is Cc1ccc(-c2cc(C(N)=O)c(NCc3cccnc3)s2)cc1. The molecule has 0 fully saturated rings. The first-order chi connectivity index (χ1) is 11.1. The van der Waals surface area contributed by atoms with Crippen molar-refractivity contribution in [2.75, 3.05) is 5.32 Å². The molecule has 0 aliphatic heterocycles. The normalized spacial score (nSPS) is 10.5. The maximum absolute atomic E-state index is 11.7. The summed E-state index contributed by atoms with van der Waals surface area (Å²) in [5.74, 6) is -0.423. The Kier molecular flexibility index (Phi) is 4.39. The van der Waals surface area contributed by atoms with Gasteiger partial charge < -0.3 is 11.1 Å². The lowest BCUT2D eigenvalue weighted by atomic mass is 10.1. The van der Waals surface area contributed by atoms with Crippen LogP contribution in [0.15, 0.2) is 54.9 Å². The van der Waals surface area contributed by atoms with Gasteiger partial charge in [-0.2, -0.15) is 0 Å². The van der Waals surface area contributed by atoms with E-state index in [4.69, 9.17) is 5.73 Å². The molecule has 4 nitrogen and oxygen atoms in total. The van der Waals surface area contributed by atoms with E-state index in [1.807, 2.05) is 25.1 Å². The van der Waals surface area contributed by atoms with Crippen molar-refractivity contribution < 1.29 is 4.79 Å². The zero-order valence-electron chi connectivity index (χ0n) is 12.7. The second-order valence-electron chi connectivity index (χ2n) is 5.30. The molecule has 0 saturated carbocycles. The summed E-state index contributed by atoms with van der Waals surface area (Å²) in [7, 11) is 0. The van der Waals surface area contributed by atoms with Gasteiger partial charge in [-0.05, 0) is 30.2 Å². The molecule has 3 rings (SSSR count). The van der Waals surface area contributed by atoms with Crippen LogP contribution in [-0.4, -0.2) is 10.9 Å². The highest BCUT2D eigenvalue weighted by molar-refractivity contribution is 7.19. The maximum Gasteiger partial charge on any atom is 0.251 e. The Morgan fingerprint density at radius 3 is 2.70 bits per heavy atom. The van der Waals surface area contributed by atoms with Crippen LogP contribution >= 0.6 is 11.3 Å². The molecule has 0 atom stereocenters. The van der Waals surface area contributed by atoms with Crippen molar-refractivity contribution in [3.05, 3.63) is 71.5 Å². The van der Waals surface area contributed by atoms with Gasteiger partial charge in [0.2, 0.25) is 0 Å². The molecule has 2 aromatic heterocycles. The number of rotatable bonds is 5. The van der Waals surface area contributed by atoms with E-state index in [0.717, 1.165) is 21.0 Å². The van der Waals surface area contributed by atoms with E-state index in [2.05, 4.69) is 34.6 Å². The fraction of sp³-hybridized carbons (Fsp3) is 0.111. The van der Waals surface area contributed by atoms with E-state index >= 15 is 0 Å². The van der Waals surface area contributed by atoms with E-state index in [9.17, 15) is 4.79 Å². The summed E-state index contributed by atoms with van der Waals surface area (Å²) in [6.07, 6.45) is 3.53. The number of hydrogen-bond donors (Lipinski definition) is 2. The number of nitrogens with one attached hydrogen (secondary N) is 1. The van der Waals surface area contributed by atoms with Gasteiger partial charge in [0.05, 0.1) is 5.56 Å². The quantitative estimate of drug-likeness (QED) is 0.750. The first-order valence-corrected chi connectivity index (χ1v) is 8.08. The van der Waals surface area contributed by atoms with Crippen LogP contribution in [0.2, 0.25) is 0 Å². The van der Waals surface area contributed by atoms with Gasteiger partial charge in [0.25, 0.3) is 5.91 Å². The number of thiophene rings is 1. The van der Waals surface area contributed by atoms with E-state index in [1.54, 1.807) is 12.4 Å². The Labute approximate surface area is 139 Å². The number of carbonyl (C=O) groups excluding carboxylic acids is 1. The van der Waals surface area contributed by atoms with Gasteiger partial charge in [-0.1, -0.05) is 35.9 Å². The molecule has 0 radical (unpaired) electrons. The number of carbonyl (C=O) groups is 1. The number of nitrogens with zero attached hydrogens (tertiary/aromatic N) is 1. The zero-order chi connectivity index (χ0) is 16.2. The number of benzene rings is 1. The topological polar surface area (TPSA) is 68.0 Å². The third-order valence-electron chi connectivity index (χ3n) is 3.51. The summed E-state index contributed by atoms with van der Waals surface area (Å²) in [6, 6.07) is 13.9. The average molecular weight is 323 g/mol. The van der Waals surface area contributed by atoms with Gasteiger partial charge >= 0.3 is 0 Å². The first-order valence-electron chi connectivity index (χ1n) is 7.27. The Bertz CT molecular complexity index is 810. The van der Waals surface area contributed by atoms with Gasteiger partial charge in [0.1, 0.15) is 5.00 Å². The molecule has 23 heavy (non-hydrogen) atoms. The van der Waals surface area contributed by atoms with Gasteiger partial charge in [0, 0.05) is 23.8 Å². The van der Waals surface area contributed by atoms with Crippen molar-refractivity contribution in [3.8, 4) is 10.4 Å². The minimum absolute atomic E-state index is 0.423. The molecule has 5 heteroatoms. The highest BCUT2D eigenvalue weighted by atomic mass is 32.1. The highest BCUT2D eigenvalue weighted by Gasteiger charge is 2.14. The maximum atomic E-state index is 11.7. The number of primary amides is 1. The van der Waals surface area contributed by atoms with Gasteiger partial charge in [-0.3, -0.25) is 9.78 Å². The molecular weight excluding hydrogens is 306 g/mol. The fourth-order valence-corrected chi connectivity index (χ4v) is 3.31. The summed E-state index contributed by atoms with van der Waals surface area (Å²) in [5.41, 5.74) is 9.37. The van der Waals surface area contributed by atoms with Crippen molar-refractivity contribution >= 4 is 22.2 Å². The summed E-state index contributed by atoms with van der Waals surface area (Å²) >= 11 is 1.53. The van der Waals surface area contributed by atoms with Crippen LogP contribution in [0.4, 0.5) is 5.00 Å². The predicted molar refractivity (Wildman–Crippen MR) is 94.6 cm³/mol. The van der Waals surface area contributed by atoms with Crippen LogP contribution in [0, 0.1) is 6.92 Å². The van der Waals surface area contributed by atoms with Crippen molar-refractivity contribution in [2.24, 2.45) is 5.73 Å². The molecule has 2 heterocycles. The molecule has 3 N–H and O–H groups in total. The predicted octanol–water partition coefficient (Wildman–Crippen LogP) is 3.83. The number of pyridine rings is 1. The molecule has 0 aliphatic carbocycles. The van der Waals surface area contributed by atoms with Crippen molar-refractivity contribution in [2.45, 2.75) is 13.5 Å². The Balaban J connectivity index is 1.87. The summed E-state index contributed by atoms with van der Waals surface area (Å²) in [6.45, 7) is 2.65. The number of nitrogens with two attached hydrogens (primary N) is 1. The Hall–Kier alpha value is -2.66. The van der Waals surface area contributed by atoms with E-state index in [-0.39, 0.29) is 0 Å². The molecule has 0 aliphatic rings. The van der Waals surface area contributed by atoms with Crippen molar-refractivity contribution in [1.82, 2.24) is 4.98 Å². The Morgan fingerprint density at radius 2 is 2.04 bits per heavy atom. The van der Waals surface area contributed by atoms with E-state index in [1.165, 1.54) is 16.9 Å². The lowest BCUT2D eigenvalue weighted by molar-refractivity contribution is 0.100. The van der Waals surface area contributed by atoms with Crippen molar-refractivity contribution in [1.29, 1.82) is 0 Å². The third kappa shape index (κ3) is 3.57. The zero-order valence-corrected chi connectivity index (χ0v) is 13.6. The molecule has 0 spiro atoms. The average Bonchev–Trinajstić information content (AvgIpc) is 2.99. The van der Waals surface area contributed by atoms with Gasteiger partial charge in [0.15, 0.2) is 0 Å². The van der Waals surface area contributed by atoms with Crippen LogP contribution in [-0.2, 0) is 6.54 Å². The second-order valence-corrected chi connectivity index (χ2v) is 6.35. The molecule has 0 saturated heterocycles. The highest BCUT2D eigenvalue weighted by Crippen LogP contribution is 2.35. The monoisotopic (exact) mass is 323 g/mol. The van der Waals surface area contributed by atoms with Crippen LogP contribution < -0.4 is 11.1 Å². The number of aromatic nitrogens is 1. The molecule has 1 amide bonds. The molecule has 3 aromatic rings. The third-order valence-corrected chi connectivity index (χ3v) is 4.65. The van der Waals surface area contributed by atoms with Crippen LogP contribution in [0.3, 0.4) is 0 Å². The number of amides is 1. The Morgan fingerprint density at radius 1 is 1.26 bits per heavy atom. The number of aryl methyl sites for hydroxylation is 1. The molecule has 0 unspecified atom stereocenters. The standard InChI is InChI=1S/C18H17N3OS/c1-12-4-6-14(7-5-12)16-9-15(17(19)22)18(23-16)21-11-13-3-2-8-20-10-13/h2-10,21H,11H2,1H3,(H2,19,22). The largest absolute Gasteiger partial charge is 0.372 e. The first kappa shape index (κ1) is 15.2. The molecular formula is C18H17N3OS. The van der Waals surface area contributed by atoms with Crippen LogP contribution in [0.1, 0.15) is 21.5 Å². The van der Waals surface area contributed by atoms with Gasteiger partial charge in [-0.15, -0.1) is 11.3 Å². The minimum atomic E-state index is -0.423. The molecule has 116 valence electrons. The van der Waals surface area contributed by atoms with E-state index in [0.29, 0.717) is 12.1 Å². The summed E-state index contributed by atoms with van der Waals surface area (Å²) < 4.78 is 0. The molecule has 0 bridgehead atoms. The van der Waals surface area contributed by atoms with Crippen LogP contribution in [0.5, 0.6) is 0 Å². The molecule has 1 aromatic carbocycles. The number of hydrogen-bond acceptors (Lipinski definition) is 4. The minimum Gasteiger partial charge on any atom is -0.372 e. The second kappa shape index (κ2) is 6.62. The smallest absolute Gasteiger partial charge is 0.251 e. The summed E-state index contributed by atoms with van der Waals surface area (Å²) in [4.78, 5) is 16.8. The van der Waals surface area contributed by atoms with Crippen LogP contribution in [0.25, 0.3) is 10.4 Å². The number of anilines is 1. The van der Waals surface area contributed by atoms with E-state index < -0.39 is 5.91 Å². The lowest BCUT2D eigenvalue weighted by Gasteiger charge is -2.05. The van der Waals surface area contributed by atoms with Gasteiger partial charge in [-0.25, -0.2) is 0 Å². The summed E-state index contributed by atoms with van der Waals surface area (Å²) in [5, 5.41) is 4.08. The van der Waals surface area contributed by atoms with Crippen molar-refractivity contribution in [3.63, 3.8) is 0 Å². The lowest BCUT2D eigenvalue weighted by Crippen LogP contribution is -2.12. The fourth-order valence-electron chi connectivity index (χ4n) is 2.25.